The van der Waals surface area contributed by atoms with Gasteiger partial charge in [-0.2, -0.15) is 0 Å². The smallest absolute Gasteiger partial charge is 0.179 e. The van der Waals surface area contributed by atoms with E-state index in [-0.39, 0.29) is 0 Å². The summed E-state index contributed by atoms with van der Waals surface area (Å²) in [4.78, 5) is 0. The molecule has 116 valence electrons. The second-order valence-electron chi connectivity index (χ2n) is 6.65. The zero-order valence-electron chi connectivity index (χ0n) is 12.6. The number of hydrogen-bond acceptors (Lipinski definition) is 3. The van der Waals surface area contributed by atoms with Crippen molar-refractivity contribution in [2.75, 3.05) is 13.2 Å². The molecule has 1 N–H and O–H groups in total. The molecule has 21 heavy (non-hydrogen) atoms. The highest BCUT2D eigenvalue weighted by molar-refractivity contribution is 6.32. The molecule has 1 aliphatic carbocycles. The first-order valence-corrected chi connectivity index (χ1v) is 8.19. The monoisotopic (exact) mass is 310 g/mol. The van der Waals surface area contributed by atoms with Crippen LogP contribution in [0.3, 0.4) is 0 Å². The van der Waals surface area contributed by atoms with Crippen LogP contribution in [0.2, 0.25) is 5.02 Å². The van der Waals surface area contributed by atoms with Gasteiger partial charge in [0, 0.05) is 0 Å². The molecule has 0 bridgehead atoms. The van der Waals surface area contributed by atoms with Crippen LogP contribution in [-0.2, 0) is 0 Å². The quantitative estimate of drug-likeness (QED) is 0.889. The molecule has 3 unspecified atom stereocenters. The standard InChI is InChI=1S/C17H23ClO3/c1-10-5-11(2)7-12(6-10)16(19)13-8-14(18)17-15(9-13)20-3-4-21-17/h8-12,16,19H,3-7H2,1-2H3. The lowest BCUT2D eigenvalue weighted by molar-refractivity contribution is 0.0547. The Kier molecular flexibility index (Phi) is 4.32. The van der Waals surface area contributed by atoms with Crippen molar-refractivity contribution < 1.29 is 14.6 Å². The van der Waals surface area contributed by atoms with Crippen molar-refractivity contribution in [3.05, 3.63) is 22.7 Å². The molecule has 1 fully saturated rings. The fourth-order valence-corrected chi connectivity index (χ4v) is 4.11. The number of hydrogen-bond donors (Lipinski definition) is 1. The zero-order valence-corrected chi connectivity index (χ0v) is 13.4. The van der Waals surface area contributed by atoms with E-state index in [9.17, 15) is 5.11 Å². The van der Waals surface area contributed by atoms with Gasteiger partial charge in [-0.1, -0.05) is 25.4 Å². The Bertz CT molecular complexity index is 507. The second-order valence-corrected chi connectivity index (χ2v) is 7.06. The van der Waals surface area contributed by atoms with Gasteiger partial charge >= 0.3 is 0 Å². The summed E-state index contributed by atoms with van der Waals surface area (Å²) in [5, 5.41) is 11.3. The predicted octanol–water partition coefficient (Wildman–Crippen LogP) is 4.22. The van der Waals surface area contributed by atoms with Crippen molar-refractivity contribution in [3.8, 4) is 11.5 Å². The lowest BCUT2D eigenvalue weighted by atomic mass is 9.73. The number of rotatable bonds is 2. The van der Waals surface area contributed by atoms with E-state index in [1.54, 1.807) is 0 Å². The average molecular weight is 311 g/mol. The van der Waals surface area contributed by atoms with E-state index < -0.39 is 6.10 Å². The molecule has 1 heterocycles. The molecule has 0 radical (unpaired) electrons. The molecule has 0 spiro atoms. The third kappa shape index (κ3) is 3.14. The van der Waals surface area contributed by atoms with E-state index in [0.717, 1.165) is 18.4 Å². The van der Waals surface area contributed by atoms with Crippen LogP contribution < -0.4 is 9.47 Å². The van der Waals surface area contributed by atoms with Crippen LogP contribution in [0, 0.1) is 17.8 Å². The molecule has 1 aromatic rings. The number of fused-ring (bicyclic) bond motifs is 1. The van der Waals surface area contributed by atoms with Gasteiger partial charge in [0.1, 0.15) is 13.2 Å². The van der Waals surface area contributed by atoms with Crippen molar-refractivity contribution in [2.45, 2.75) is 39.2 Å². The summed E-state index contributed by atoms with van der Waals surface area (Å²) < 4.78 is 11.1. The van der Waals surface area contributed by atoms with Crippen LogP contribution in [0.25, 0.3) is 0 Å². The lowest BCUT2D eigenvalue weighted by Gasteiger charge is -2.34. The van der Waals surface area contributed by atoms with Crippen LogP contribution in [0.4, 0.5) is 0 Å². The Balaban J connectivity index is 1.84. The van der Waals surface area contributed by atoms with Gasteiger partial charge in [0.25, 0.3) is 0 Å². The number of aliphatic hydroxyl groups is 1. The number of ether oxygens (including phenoxy) is 2. The van der Waals surface area contributed by atoms with Crippen molar-refractivity contribution in [2.24, 2.45) is 17.8 Å². The molecule has 1 aliphatic heterocycles. The van der Waals surface area contributed by atoms with Crippen molar-refractivity contribution in [3.63, 3.8) is 0 Å². The molecular formula is C17H23ClO3. The van der Waals surface area contributed by atoms with Crippen LogP contribution in [0.1, 0.15) is 44.8 Å². The van der Waals surface area contributed by atoms with Gasteiger partial charge in [0.15, 0.2) is 11.5 Å². The minimum absolute atomic E-state index is 0.294. The molecular weight excluding hydrogens is 288 g/mol. The molecule has 3 rings (SSSR count). The van der Waals surface area contributed by atoms with E-state index >= 15 is 0 Å². The first-order valence-electron chi connectivity index (χ1n) is 7.81. The normalized spacial score (nSPS) is 30.0. The SMILES string of the molecule is CC1CC(C)CC(C(O)c2cc(Cl)c3c(c2)OCCO3)C1. The summed E-state index contributed by atoms with van der Waals surface area (Å²) in [6.45, 7) is 5.59. The molecule has 3 nitrogen and oxygen atoms in total. The molecule has 3 atom stereocenters. The van der Waals surface area contributed by atoms with Gasteiger partial charge in [0.2, 0.25) is 0 Å². The van der Waals surface area contributed by atoms with Crippen molar-refractivity contribution in [1.29, 1.82) is 0 Å². The van der Waals surface area contributed by atoms with E-state index in [0.29, 0.717) is 47.5 Å². The summed E-state index contributed by atoms with van der Waals surface area (Å²) in [6.07, 6.45) is 2.91. The van der Waals surface area contributed by atoms with Gasteiger partial charge in [-0.15, -0.1) is 0 Å². The molecule has 0 amide bonds. The number of benzene rings is 1. The Hall–Kier alpha value is -0.930. The highest BCUT2D eigenvalue weighted by atomic mass is 35.5. The highest BCUT2D eigenvalue weighted by Crippen LogP contribution is 2.44. The van der Waals surface area contributed by atoms with E-state index in [2.05, 4.69) is 13.8 Å². The minimum atomic E-state index is -0.483. The third-order valence-electron chi connectivity index (χ3n) is 4.62. The van der Waals surface area contributed by atoms with Gasteiger partial charge in [0.05, 0.1) is 11.1 Å². The molecule has 0 saturated heterocycles. The van der Waals surface area contributed by atoms with Crippen molar-refractivity contribution >= 4 is 11.6 Å². The average Bonchev–Trinajstić information content (AvgIpc) is 2.45. The van der Waals surface area contributed by atoms with Crippen LogP contribution >= 0.6 is 11.6 Å². The zero-order chi connectivity index (χ0) is 15.0. The van der Waals surface area contributed by atoms with E-state index in [1.807, 2.05) is 12.1 Å². The largest absolute Gasteiger partial charge is 0.486 e. The first-order chi connectivity index (χ1) is 10.0. The Morgan fingerprint density at radius 3 is 2.48 bits per heavy atom. The Morgan fingerprint density at radius 1 is 1.10 bits per heavy atom. The first kappa shape index (κ1) is 15.0. The van der Waals surface area contributed by atoms with Gasteiger partial charge in [-0.05, 0) is 54.7 Å². The lowest BCUT2D eigenvalue weighted by Crippen LogP contribution is -2.25. The highest BCUT2D eigenvalue weighted by Gasteiger charge is 2.31. The van der Waals surface area contributed by atoms with Crippen molar-refractivity contribution in [1.82, 2.24) is 0 Å². The molecule has 0 aromatic heterocycles. The van der Waals surface area contributed by atoms with Crippen LogP contribution in [0.5, 0.6) is 11.5 Å². The third-order valence-corrected chi connectivity index (χ3v) is 4.90. The maximum absolute atomic E-state index is 10.8. The Morgan fingerprint density at radius 2 is 1.76 bits per heavy atom. The summed E-state index contributed by atoms with van der Waals surface area (Å²) in [5.74, 6) is 2.88. The summed E-state index contributed by atoms with van der Waals surface area (Å²) >= 11 is 6.27. The van der Waals surface area contributed by atoms with E-state index in [1.165, 1.54) is 6.42 Å². The number of halogens is 1. The molecule has 1 saturated carbocycles. The maximum Gasteiger partial charge on any atom is 0.179 e. The topological polar surface area (TPSA) is 38.7 Å². The summed E-state index contributed by atoms with van der Waals surface area (Å²) in [6, 6.07) is 3.71. The molecule has 1 aromatic carbocycles. The van der Waals surface area contributed by atoms with E-state index in [4.69, 9.17) is 21.1 Å². The molecule has 4 heteroatoms. The minimum Gasteiger partial charge on any atom is -0.486 e. The fraction of sp³-hybridized carbons (Fsp3) is 0.647. The summed E-state index contributed by atoms with van der Waals surface area (Å²) in [7, 11) is 0. The fourth-order valence-electron chi connectivity index (χ4n) is 3.84. The van der Waals surface area contributed by atoms with Gasteiger partial charge in [-0.3, -0.25) is 0 Å². The Labute approximate surface area is 131 Å². The summed E-state index contributed by atoms with van der Waals surface area (Å²) in [5.41, 5.74) is 0.843. The predicted molar refractivity (Wildman–Crippen MR) is 83.1 cm³/mol. The maximum atomic E-state index is 10.8. The number of aliphatic hydroxyl groups excluding tert-OH is 1. The van der Waals surface area contributed by atoms with Crippen LogP contribution in [-0.4, -0.2) is 18.3 Å². The van der Waals surface area contributed by atoms with Crippen LogP contribution in [0.15, 0.2) is 12.1 Å². The molecule has 2 aliphatic rings. The second kappa shape index (κ2) is 6.05. The van der Waals surface area contributed by atoms with Gasteiger partial charge < -0.3 is 14.6 Å². The van der Waals surface area contributed by atoms with Gasteiger partial charge in [-0.25, -0.2) is 0 Å².